The number of rotatable bonds is 3. The van der Waals surface area contributed by atoms with E-state index < -0.39 is 5.60 Å². The van der Waals surface area contributed by atoms with Crippen molar-refractivity contribution in [2.45, 2.75) is 48.6 Å². The van der Waals surface area contributed by atoms with E-state index in [1.807, 2.05) is 6.07 Å². The smallest absolute Gasteiger partial charge is 0.137 e. The van der Waals surface area contributed by atoms with Gasteiger partial charge >= 0.3 is 0 Å². The van der Waals surface area contributed by atoms with Crippen molar-refractivity contribution < 1.29 is 9.50 Å². The molecule has 1 fully saturated rings. The Morgan fingerprint density at radius 3 is 2.95 bits per heavy atom. The van der Waals surface area contributed by atoms with Gasteiger partial charge in [0.2, 0.25) is 0 Å². The first kappa shape index (κ1) is 13.4. The van der Waals surface area contributed by atoms with Crippen LogP contribution in [0.5, 0.6) is 0 Å². The minimum Gasteiger partial charge on any atom is -0.389 e. The Kier molecular flexibility index (Phi) is 3.83. The normalized spacial score (nSPS) is 25.3. The highest BCUT2D eigenvalue weighted by molar-refractivity contribution is 7.99. The van der Waals surface area contributed by atoms with Gasteiger partial charge in [-0.15, -0.1) is 11.8 Å². The molecule has 1 aromatic rings. The van der Waals surface area contributed by atoms with Gasteiger partial charge in [-0.25, -0.2) is 4.39 Å². The molecule has 0 amide bonds. The molecule has 4 heteroatoms. The second-order valence-electron chi connectivity index (χ2n) is 5.66. The first-order chi connectivity index (χ1) is 9.18. The summed E-state index contributed by atoms with van der Waals surface area (Å²) in [6.07, 6.45) is 5.00. The minimum atomic E-state index is -0.544. The van der Waals surface area contributed by atoms with Gasteiger partial charge in [-0.05, 0) is 36.6 Å². The number of thioether (sulfide) groups is 1. The molecule has 1 heterocycles. The predicted molar refractivity (Wildman–Crippen MR) is 75.9 cm³/mol. The van der Waals surface area contributed by atoms with Gasteiger partial charge in [-0.2, -0.15) is 0 Å². The molecule has 1 atom stereocenters. The number of benzene rings is 1. The highest BCUT2D eigenvalue weighted by Gasteiger charge is 2.32. The first-order valence-electron chi connectivity index (χ1n) is 7.05. The maximum atomic E-state index is 13.8. The zero-order valence-electron chi connectivity index (χ0n) is 11.0. The van der Waals surface area contributed by atoms with Gasteiger partial charge in [0.25, 0.3) is 0 Å². The summed E-state index contributed by atoms with van der Waals surface area (Å²) in [5, 5.41) is 13.8. The molecular formula is C15H20FNOS. The molecule has 1 aliphatic heterocycles. The summed E-state index contributed by atoms with van der Waals surface area (Å²) >= 11 is 1.60. The van der Waals surface area contributed by atoms with Gasteiger partial charge in [0, 0.05) is 17.5 Å². The number of hydrogen-bond acceptors (Lipinski definition) is 3. The largest absolute Gasteiger partial charge is 0.389 e. The van der Waals surface area contributed by atoms with E-state index in [0.717, 1.165) is 48.3 Å². The van der Waals surface area contributed by atoms with Gasteiger partial charge < -0.3 is 10.4 Å². The summed E-state index contributed by atoms with van der Waals surface area (Å²) in [7, 11) is 0. The van der Waals surface area contributed by atoms with E-state index in [1.165, 1.54) is 6.07 Å². The Morgan fingerprint density at radius 2 is 2.16 bits per heavy atom. The van der Waals surface area contributed by atoms with Gasteiger partial charge in [-0.3, -0.25) is 0 Å². The lowest BCUT2D eigenvalue weighted by molar-refractivity contribution is 0.0445. The first-order valence-corrected chi connectivity index (χ1v) is 8.03. The van der Waals surface area contributed by atoms with Crippen molar-refractivity contribution in [1.82, 2.24) is 5.32 Å². The average molecular weight is 281 g/mol. The molecule has 0 saturated heterocycles. The quantitative estimate of drug-likeness (QED) is 0.892. The van der Waals surface area contributed by atoms with Crippen LogP contribution in [0.3, 0.4) is 0 Å². The van der Waals surface area contributed by atoms with Crippen LogP contribution in [-0.4, -0.2) is 23.0 Å². The van der Waals surface area contributed by atoms with Crippen molar-refractivity contribution >= 4 is 11.8 Å². The van der Waals surface area contributed by atoms with E-state index in [9.17, 15) is 9.50 Å². The van der Waals surface area contributed by atoms with Gasteiger partial charge in [0.15, 0.2) is 0 Å². The number of aliphatic hydroxyl groups is 1. The van der Waals surface area contributed by atoms with Crippen molar-refractivity contribution in [2.75, 3.05) is 12.3 Å². The lowest BCUT2D eigenvalue weighted by atomic mass is 9.99. The standard InChI is InChI=1S/C15H20FNOS/c16-12-5-3-4-11-13(6-9-19-14(11)12)17-10-15(18)7-1-2-8-15/h3-5,13,17-18H,1-2,6-10H2. The number of hydrogen-bond donors (Lipinski definition) is 2. The molecule has 0 bridgehead atoms. The fourth-order valence-electron chi connectivity index (χ4n) is 3.12. The second kappa shape index (κ2) is 5.43. The summed E-state index contributed by atoms with van der Waals surface area (Å²) in [4.78, 5) is 0.782. The molecule has 2 aliphatic rings. The molecule has 1 unspecified atom stereocenters. The fourth-order valence-corrected chi connectivity index (χ4v) is 4.26. The van der Waals surface area contributed by atoms with Gasteiger partial charge in [-0.1, -0.05) is 25.0 Å². The molecule has 1 saturated carbocycles. The molecule has 0 spiro atoms. The summed E-state index contributed by atoms with van der Waals surface area (Å²) < 4.78 is 13.8. The lowest BCUT2D eigenvalue weighted by Crippen LogP contribution is -2.40. The summed E-state index contributed by atoms with van der Waals surface area (Å²) in [6.45, 7) is 0.623. The van der Waals surface area contributed by atoms with Crippen LogP contribution in [0, 0.1) is 5.82 Å². The van der Waals surface area contributed by atoms with Crippen LogP contribution >= 0.6 is 11.8 Å². The van der Waals surface area contributed by atoms with Crippen molar-refractivity contribution in [3.8, 4) is 0 Å². The third-order valence-corrected chi connectivity index (χ3v) is 5.40. The molecule has 3 rings (SSSR count). The molecular weight excluding hydrogens is 261 g/mol. The Morgan fingerprint density at radius 1 is 1.37 bits per heavy atom. The van der Waals surface area contributed by atoms with E-state index in [2.05, 4.69) is 5.32 Å². The van der Waals surface area contributed by atoms with E-state index in [-0.39, 0.29) is 11.9 Å². The maximum Gasteiger partial charge on any atom is 0.137 e. The van der Waals surface area contributed by atoms with E-state index in [4.69, 9.17) is 0 Å². The van der Waals surface area contributed by atoms with Crippen LogP contribution in [0.1, 0.15) is 43.7 Å². The zero-order chi connectivity index (χ0) is 13.3. The van der Waals surface area contributed by atoms with Crippen LogP contribution in [0.2, 0.25) is 0 Å². The third-order valence-electron chi connectivity index (χ3n) is 4.24. The van der Waals surface area contributed by atoms with Crippen molar-refractivity contribution in [3.63, 3.8) is 0 Å². The van der Waals surface area contributed by atoms with E-state index >= 15 is 0 Å². The maximum absolute atomic E-state index is 13.8. The highest BCUT2D eigenvalue weighted by atomic mass is 32.2. The SMILES string of the molecule is OC1(CNC2CCSc3c(F)cccc32)CCCC1. The Balaban J connectivity index is 1.71. The molecule has 19 heavy (non-hydrogen) atoms. The monoisotopic (exact) mass is 281 g/mol. The highest BCUT2D eigenvalue weighted by Crippen LogP contribution is 2.38. The summed E-state index contributed by atoms with van der Waals surface area (Å²) in [5.41, 5.74) is 0.510. The van der Waals surface area contributed by atoms with Crippen LogP contribution in [0.4, 0.5) is 4.39 Å². The third kappa shape index (κ3) is 2.81. The number of halogens is 1. The zero-order valence-corrected chi connectivity index (χ0v) is 11.8. The van der Waals surface area contributed by atoms with Crippen LogP contribution in [0.15, 0.2) is 23.1 Å². The van der Waals surface area contributed by atoms with Gasteiger partial charge in [0.05, 0.1) is 5.60 Å². The van der Waals surface area contributed by atoms with Crippen molar-refractivity contribution in [3.05, 3.63) is 29.6 Å². The van der Waals surface area contributed by atoms with E-state index in [0.29, 0.717) is 6.54 Å². The molecule has 2 nitrogen and oxygen atoms in total. The molecule has 1 aliphatic carbocycles. The fraction of sp³-hybridized carbons (Fsp3) is 0.600. The Hall–Kier alpha value is -0.580. The molecule has 1 aromatic carbocycles. The topological polar surface area (TPSA) is 32.3 Å². The van der Waals surface area contributed by atoms with E-state index in [1.54, 1.807) is 17.8 Å². The van der Waals surface area contributed by atoms with Crippen molar-refractivity contribution in [1.29, 1.82) is 0 Å². The lowest BCUT2D eigenvalue weighted by Gasteiger charge is -2.30. The molecule has 0 radical (unpaired) electrons. The number of nitrogens with one attached hydrogen (secondary N) is 1. The average Bonchev–Trinajstić information content (AvgIpc) is 2.84. The Labute approximate surface area is 117 Å². The molecule has 0 aromatic heterocycles. The molecule has 2 N–H and O–H groups in total. The number of fused-ring (bicyclic) bond motifs is 1. The second-order valence-corrected chi connectivity index (χ2v) is 6.77. The summed E-state index contributed by atoms with van der Waals surface area (Å²) in [5.74, 6) is 0.817. The van der Waals surface area contributed by atoms with Crippen molar-refractivity contribution in [2.24, 2.45) is 0 Å². The predicted octanol–water partition coefficient (Wildman–Crippen LogP) is 3.26. The van der Waals surface area contributed by atoms with Gasteiger partial charge in [0.1, 0.15) is 5.82 Å². The minimum absolute atomic E-state index is 0.117. The van der Waals surface area contributed by atoms with Crippen LogP contribution in [0.25, 0.3) is 0 Å². The summed E-state index contributed by atoms with van der Waals surface area (Å²) in [6, 6.07) is 5.48. The molecule has 104 valence electrons. The van der Waals surface area contributed by atoms with Crippen LogP contribution in [-0.2, 0) is 0 Å². The van der Waals surface area contributed by atoms with Crippen LogP contribution < -0.4 is 5.32 Å². The Bertz CT molecular complexity index is 459.